The molecule has 1 saturated heterocycles. The molecule has 1 fully saturated rings. The lowest BCUT2D eigenvalue weighted by molar-refractivity contribution is 0.170. The van der Waals surface area contributed by atoms with E-state index in [4.69, 9.17) is 10.00 Å². The summed E-state index contributed by atoms with van der Waals surface area (Å²) in [5.74, 6) is 0.156. The molecule has 0 bridgehead atoms. The molecule has 2 amide bonds. The van der Waals surface area contributed by atoms with E-state index in [1.54, 1.807) is 4.90 Å². The highest BCUT2D eigenvalue weighted by Gasteiger charge is 2.30. The number of piperazine rings is 1. The molecule has 0 aromatic heterocycles. The highest BCUT2D eigenvalue weighted by molar-refractivity contribution is 7.89. The molecule has 1 N–H and O–H groups in total. The highest BCUT2D eigenvalue weighted by atomic mass is 32.2. The second-order valence-corrected chi connectivity index (χ2v) is 8.50. The number of ether oxygens (including phenoxy) is 1. The van der Waals surface area contributed by atoms with Crippen molar-refractivity contribution in [2.75, 3.05) is 39.3 Å². The lowest BCUT2D eigenvalue weighted by Crippen LogP contribution is -2.53. The number of benzene rings is 2. The maximum atomic E-state index is 12.8. The minimum atomic E-state index is -3.67. The number of nitrogens with zero attached hydrogens (tertiary/aromatic N) is 3. The molecule has 10 heteroatoms. The predicted molar refractivity (Wildman–Crippen MR) is 107 cm³/mol. The lowest BCUT2D eigenvalue weighted by Gasteiger charge is -2.34. The summed E-state index contributed by atoms with van der Waals surface area (Å²) in [5.41, 5.74) is 0.388. The number of carbonyl (C=O) groups is 1. The second kappa shape index (κ2) is 9.56. The van der Waals surface area contributed by atoms with E-state index in [-0.39, 0.29) is 56.1 Å². The molecule has 158 valence electrons. The van der Waals surface area contributed by atoms with Crippen LogP contribution in [0, 0.1) is 17.1 Å². The monoisotopic (exact) mass is 432 g/mol. The first-order valence-electron chi connectivity index (χ1n) is 9.31. The van der Waals surface area contributed by atoms with E-state index in [1.807, 2.05) is 6.07 Å². The van der Waals surface area contributed by atoms with Crippen LogP contribution in [0.25, 0.3) is 0 Å². The van der Waals surface area contributed by atoms with Gasteiger partial charge in [-0.25, -0.2) is 17.6 Å². The molecule has 0 atom stereocenters. The standard InChI is InChI=1S/C20H21FN4O4S/c21-17-3-5-18(6-4-17)29-14-9-23-20(26)24-10-12-25(13-11-24)30(27,28)19-7-1-16(15-22)2-8-19/h1-8H,9-14H2,(H,23,26). The molecular formula is C20H21FN4O4S. The van der Waals surface area contributed by atoms with Crippen molar-refractivity contribution in [3.05, 3.63) is 59.9 Å². The lowest BCUT2D eigenvalue weighted by atomic mass is 10.2. The molecule has 8 nitrogen and oxygen atoms in total. The fourth-order valence-electron chi connectivity index (χ4n) is 2.95. The van der Waals surface area contributed by atoms with Crippen LogP contribution in [0.15, 0.2) is 53.4 Å². The van der Waals surface area contributed by atoms with Crippen LogP contribution in [0.5, 0.6) is 5.75 Å². The Bertz CT molecular complexity index is 1010. The van der Waals surface area contributed by atoms with Gasteiger partial charge in [-0.1, -0.05) is 0 Å². The normalized spacial score (nSPS) is 14.7. The number of hydrogen-bond acceptors (Lipinski definition) is 5. The zero-order valence-corrected chi connectivity index (χ0v) is 16.9. The number of rotatable bonds is 6. The SMILES string of the molecule is N#Cc1ccc(S(=O)(=O)N2CCN(C(=O)NCCOc3ccc(F)cc3)CC2)cc1. The molecule has 1 heterocycles. The molecule has 0 radical (unpaired) electrons. The first-order chi connectivity index (χ1) is 14.4. The number of nitriles is 1. The van der Waals surface area contributed by atoms with Crippen molar-refractivity contribution in [1.29, 1.82) is 5.26 Å². The van der Waals surface area contributed by atoms with Crippen LogP contribution in [0.1, 0.15) is 5.56 Å². The smallest absolute Gasteiger partial charge is 0.317 e. The van der Waals surface area contributed by atoms with Gasteiger partial charge in [0.1, 0.15) is 18.2 Å². The van der Waals surface area contributed by atoms with Gasteiger partial charge in [0, 0.05) is 26.2 Å². The average molecular weight is 432 g/mol. The summed E-state index contributed by atoms with van der Waals surface area (Å²) in [6.07, 6.45) is 0. The first kappa shape index (κ1) is 21.5. The van der Waals surface area contributed by atoms with Gasteiger partial charge in [0.25, 0.3) is 0 Å². The van der Waals surface area contributed by atoms with Crippen molar-refractivity contribution in [2.45, 2.75) is 4.90 Å². The van der Waals surface area contributed by atoms with Gasteiger partial charge in [0.2, 0.25) is 10.0 Å². The van der Waals surface area contributed by atoms with E-state index in [2.05, 4.69) is 5.32 Å². The fourth-order valence-corrected chi connectivity index (χ4v) is 4.37. The van der Waals surface area contributed by atoms with E-state index < -0.39 is 10.0 Å². The van der Waals surface area contributed by atoms with E-state index in [1.165, 1.54) is 52.8 Å². The van der Waals surface area contributed by atoms with Crippen LogP contribution in [-0.2, 0) is 10.0 Å². The van der Waals surface area contributed by atoms with E-state index >= 15 is 0 Å². The number of hydrogen-bond donors (Lipinski definition) is 1. The fraction of sp³-hybridized carbons (Fsp3) is 0.300. The molecule has 1 aliphatic rings. The number of amides is 2. The third-order valence-corrected chi connectivity index (χ3v) is 6.52. The summed E-state index contributed by atoms with van der Waals surface area (Å²) in [6, 6.07) is 13.0. The number of carbonyl (C=O) groups excluding carboxylic acids is 1. The van der Waals surface area contributed by atoms with Crippen LogP contribution in [0.3, 0.4) is 0 Å². The van der Waals surface area contributed by atoms with Crippen molar-refractivity contribution in [2.24, 2.45) is 0 Å². The maximum Gasteiger partial charge on any atom is 0.317 e. The number of sulfonamides is 1. The number of nitrogens with one attached hydrogen (secondary N) is 1. The summed E-state index contributed by atoms with van der Waals surface area (Å²) in [7, 11) is -3.67. The van der Waals surface area contributed by atoms with Crippen molar-refractivity contribution in [3.8, 4) is 11.8 Å². The quantitative estimate of drug-likeness (QED) is 0.701. The third kappa shape index (κ3) is 5.25. The summed E-state index contributed by atoms with van der Waals surface area (Å²) in [4.78, 5) is 13.9. The Labute approximate surface area is 174 Å². The van der Waals surface area contributed by atoms with Crippen molar-refractivity contribution >= 4 is 16.1 Å². The van der Waals surface area contributed by atoms with Gasteiger partial charge in [0.05, 0.1) is 23.1 Å². The molecule has 0 unspecified atom stereocenters. The van der Waals surface area contributed by atoms with Crippen molar-refractivity contribution < 1.29 is 22.3 Å². The Hall–Kier alpha value is -3.16. The molecular weight excluding hydrogens is 411 g/mol. The Balaban J connectivity index is 1.44. The predicted octanol–water partition coefficient (Wildman–Crippen LogP) is 1.79. The molecule has 1 aliphatic heterocycles. The summed E-state index contributed by atoms with van der Waals surface area (Å²) >= 11 is 0. The van der Waals surface area contributed by atoms with E-state index in [0.29, 0.717) is 11.3 Å². The molecule has 2 aromatic carbocycles. The molecule has 0 spiro atoms. The van der Waals surface area contributed by atoms with Gasteiger partial charge in [-0.3, -0.25) is 0 Å². The van der Waals surface area contributed by atoms with Crippen molar-refractivity contribution in [1.82, 2.24) is 14.5 Å². The van der Waals surface area contributed by atoms with Crippen molar-refractivity contribution in [3.63, 3.8) is 0 Å². The van der Waals surface area contributed by atoms with Crippen LogP contribution in [-0.4, -0.2) is 63.0 Å². The van der Waals surface area contributed by atoms with Crippen LogP contribution in [0.2, 0.25) is 0 Å². The number of urea groups is 1. The first-order valence-corrected chi connectivity index (χ1v) is 10.8. The molecule has 0 aliphatic carbocycles. The van der Waals surface area contributed by atoms with Crippen LogP contribution >= 0.6 is 0 Å². The molecule has 0 saturated carbocycles. The molecule has 2 aromatic rings. The van der Waals surface area contributed by atoms with Crippen LogP contribution < -0.4 is 10.1 Å². The zero-order chi connectivity index (χ0) is 21.6. The van der Waals surface area contributed by atoms with Gasteiger partial charge >= 0.3 is 6.03 Å². The Morgan fingerprint density at radius 2 is 1.70 bits per heavy atom. The summed E-state index contributed by atoms with van der Waals surface area (Å²) in [6.45, 7) is 1.38. The third-order valence-electron chi connectivity index (χ3n) is 4.61. The Morgan fingerprint density at radius 3 is 2.30 bits per heavy atom. The van der Waals surface area contributed by atoms with Crippen LogP contribution in [0.4, 0.5) is 9.18 Å². The Kier molecular flexibility index (Phi) is 6.87. The highest BCUT2D eigenvalue weighted by Crippen LogP contribution is 2.18. The van der Waals surface area contributed by atoms with Gasteiger partial charge in [-0.05, 0) is 48.5 Å². The topological polar surface area (TPSA) is 103 Å². The molecule has 3 rings (SSSR count). The van der Waals surface area contributed by atoms with Gasteiger partial charge in [-0.2, -0.15) is 9.57 Å². The second-order valence-electron chi connectivity index (χ2n) is 6.56. The van der Waals surface area contributed by atoms with E-state index in [9.17, 15) is 17.6 Å². The minimum absolute atomic E-state index is 0.123. The summed E-state index contributed by atoms with van der Waals surface area (Å²) in [5, 5.41) is 11.6. The van der Waals surface area contributed by atoms with E-state index in [0.717, 1.165) is 0 Å². The van der Waals surface area contributed by atoms with Gasteiger partial charge in [0.15, 0.2) is 0 Å². The number of halogens is 1. The van der Waals surface area contributed by atoms with Gasteiger partial charge in [-0.15, -0.1) is 0 Å². The van der Waals surface area contributed by atoms with Gasteiger partial charge < -0.3 is 15.0 Å². The largest absolute Gasteiger partial charge is 0.492 e. The molecule has 30 heavy (non-hydrogen) atoms. The average Bonchev–Trinajstić information content (AvgIpc) is 2.78. The maximum absolute atomic E-state index is 12.8. The zero-order valence-electron chi connectivity index (χ0n) is 16.1. The Morgan fingerprint density at radius 1 is 1.07 bits per heavy atom. The minimum Gasteiger partial charge on any atom is -0.492 e. The summed E-state index contributed by atoms with van der Waals surface area (Å²) < 4.78 is 45.0.